The van der Waals surface area contributed by atoms with E-state index >= 15 is 0 Å². The molecule has 1 unspecified atom stereocenters. The van der Waals surface area contributed by atoms with Crippen molar-refractivity contribution >= 4 is 21.4 Å². The number of sulfone groups is 1. The normalized spacial score (nSPS) is 13.0. The van der Waals surface area contributed by atoms with Crippen LogP contribution in [0.1, 0.15) is 24.2 Å². The minimum atomic E-state index is -3.12. The molecular formula is C13H20N2O3S. The second-order valence-corrected chi connectivity index (χ2v) is 6.84. The van der Waals surface area contributed by atoms with Crippen LogP contribution in [0.5, 0.6) is 0 Å². The highest BCUT2D eigenvalue weighted by Crippen LogP contribution is 2.12. The van der Waals surface area contributed by atoms with Crippen LogP contribution in [0.15, 0.2) is 24.3 Å². The van der Waals surface area contributed by atoms with E-state index in [1.807, 2.05) is 6.92 Å². The number of rotatable bonds is 5. The smallest absolute Gasteiger partial charge is 0.254 e. The third-order valence-electron chi connectivity index (χ3n) is 2.81. The van der Waals surface area contributed by atoms with E-state index in [4.69, 9.17) is 5.73 Å². The second kappa shape index (κ2) is 6.06. The highest BCUT2D eigenvalue weighted by Gasteiger charge is 2.22. The van der Waals surface area contributed by atoms with Crippen molar-refractivity contribution in [3.8, 4) is 0 Å². The van der Waals surface area contributed by atoms with Gasteiger partial charge in [0.2, 0.25) is 0 Å². The van der Waals surface area contributed by atoms with Crippen LogP contribution in [0.25, 0.3) is 0 Å². The van der Waals surface area contributed by atoms with Crippen molar-refractivity contribution in [1.29, 1.82) is 0 Å². The predicted octanol–water partition coefficient (Wildman–Crippen LogP) is 1.16. The van der Waals surface area contributed by atoms with Crippen molar-refractivity contribution in [1.82, 2.24) is 4.90 Å². The van der Waals surface area contributed by atoms with Crippen LogP contribution in [0.3, 0.4) is 0 Å². The molecule has 0 aliphatic rings. The van der Waals surface area contributed by atoms with Crippen molar-refractivity contribution in [3.63, 3.8) is 0 Å². The standard InChI is InChI=1S/C13H20N2O3S/c1-4-15(10(2)9-19(3,17)18)13(16)11-6-5-7-12(14)8-11/h5-8,10H,4,9,14H2,1-3H3. The molecule has 5 nitrogen and oxygen atoms in total. The first kappa shape index (κ1) is 15.5. The van der Waals surface area contributed by atoms with Gasteiger partial charge in [-0.25, -0.2) is 8.42 Å². The molecule has 1 rings (SSSR count). The van der Waals surface area contributed by atoms with Crippen LogP contribution < -0.4 is 5.73 Å². The van der Waals surface area contributed by atoms with Gasteiger partial charge in [0.25, 0.3) is 5.91 Å². The van der Waals surface area contributed by atoms with Crippen LogP contribution in [0, 0.1) is 0 Å². The lowest BCUT2D eigenvalue weighted by molar-refractivity contribution is 0.0719. The highest BCUT2D eigenvalue weighted by molar-refractivity contribution is 7.90. The molecule has 0 aromatic heterocycles. The first-order valence-electron chi connectivity index (χ1n) is 6.09. The molecule has 0 spiro atoms. The van der Waals surface area contributed by atoms with Gasteiger partial charge in [-0.3, -0.25) is 4.79 Å². The number of carbonyl (C=O) groups is 1. The molecule has 0 radical (unpaired) electrons. The third kappa shape index (κ3) is 4.55. The molecule has 0 fully saturated rings. The maximum absolute atomic E-state index is 12.3. The summed E-state index contributed by atoms with van der Waals surface area (Å²) in [6, 6.07) is 6.31. The van der Waals surface area contributed by atoms with Gasteiger partial charge in [0.1, 0.15) is 9.84 Å². The zero-order chi connectivity index (χ0) is 14.6. The van der Waals surface area contributed by atoms with E-state index in [0.29, 0.717) is 17.8 Å². The number of nitrogen functional groups attached to an aromatic ring is 1. The molecule has 0 bridgehead atoms. The minimum Gasteiger partial charge on any atom is -0.399 e. The van der Waals surface area contributed by atoms with Gasteiger partial charge in [0, 0.05) is 30.1 Å². The Morgan fingerprint density at radius 2 is 2.05 bits per heavy atom. The lowest BCUT2D eigenvalue weighted by Gasteiger charge is -2.27. The number of hydrogen-bond donors (Lipinski definition) is 1. The van der Waals surface area contributed by atoms with E-state index in [1.165, 1.54) is 11.2 Å². The third-order valence-corrected chi connectivity index (χ3v) is 3.90. The number of carbonyl (C=O) groups excluding carboxylic acids is 1. The summed E-state index contributed by atoms with van der Waals surface area (Å²) in [5.74, 6) is -0.250. The number of anilines is 1. The first-order chi connectivity index (χ1) is 8.74. The molecular weight excluding hydrogens is 264 g/mol. The average molecular weight is 284 g/mol. The monoisotopic (exact) mass is 284 g/mol. The molecule has 1 amide bonds. The van der Waals surface area contributed by atoms with Crippen molar-refractivity contribution in [2.45, 2.75) is 19.9 Å². The van der Waals surface area contributed by atoms with E-state index in [2.05, 4.69) is 0 Å². The Morgan fingerprint density at radius 3 is 2.53 bits per heavy atom. The van der Waals surface area contributed by atoms with Gasteiger partial charge in [-0.15, -0.1) is 0 Å². The van der Waals surface area contributed by atoms with E-state index in [-0.39, 0.29) is 17.7 Å². The van der Waals surface area contributed by atoms with E-state index < -0.39 is 9.84 Å². The van der Waals surface area contributed by atoms with Crippen molar-refractivity contribution in [2.24, 2.45) is 0 Å². The summed E-state index contributed by atoms with van der Waals surface area (Å²) < 4.78 is 22.6. The molecule has 19 heavy (non-hydrogen) atoms. The van der Waals surface area contributed by atoms with Gasteiger partial charge in [-0.1, -0.05) is 6.07 Å². The number of amides is 1. The lowest BCUT2D eigenvalue weighted by atomic mass is 10.1. The van der Waals surface area contributed by atoms with Gasteiger partial charge in [-0.05, 0) is 32.0 Å². The fourth-order valence-electron chi connectivity index (χ4n) is 2.02. The molecule has 106 valence electrons. The van der Waals surface area contributed by atoms with Gasteiger partial charge in [0.15, 0.2) is 0 Å². The van der Waals surface area contributed by atoms with Crippen molar-refractivity contribution < 1.29 is 13.2 Å². The Labute approximate surface area is 114 Å². The largest absolute Gasteiger partial charge is 0.399 e. The summed E-state index contributed by atoms with van der Waals surface area (Å²) in [5.41, 5.74) is 6.64. The van der Waals surface area contributed by atoms with E-state index in [0.717, 1.165) is 0 Å². The average Bonchev–Trinajstić information content (AvgIpc) is 2.27. The molecule has 0 aliphatic carbocycles. The number of nitrogens with two attached hydrogens (primary N) is 1. The topological polar surface area (TPSA) is 80.5 Å². The second-order valence-electron chi connectivity index (χ2n) is 4.66. The molecule has 6 heteroatoms. The van der Waals surface area contributed by atoms with Crippen LogP contribution in [-0.2, 0) is 9.84 Å². The van der Waals surface area contributed by atoms with Crippen LogP contribution in [-0.4, -0.2) is 43.8 Å². The summed E-state index contributed by atoms with van der Waals surface area (Å²) in [6.45, 7) is 4.00. The molecule has 0 aliphatic heterocycles. The first-order valence-corrected chi connectivity index (χ1v) is 8.15. The number of hydrogen-bond acceptors (Lipinski definition) is 4. The molecule has 1 aromatic rings. The van der Waals surface area contributed by atoms with Crippen molar-refractivity contribution in [3.05, 3.63) is 29.8 Å². The Bertz CT molecular complexity index is 555. The Hall–Kier alpha value is -1.56. The Balaban J connectivity index is 2.94. The lowest BCUT2D eigenvalue weighted by Crippen LogP contribution is -2.42. The summed E-state index contributed by atoms with van der Waals surface area (Å²) in [6.07, 6.45) is 1.17. The number of nitrogens with zero attached hydrogens (tertiary/aromatic N) is 1. The Morgan fingerprint density at radius 1 is 1.42 bits per heavy atom. The van der Waals surface area contributed by atoms with Gasteiger partial charge >= 0.3 is 0 Å². The zero-order valence-electron chi connectivity index (χ0n) is 11.5. The van der Waals surface area contributed by atoms with Crippen molar-refractivity contribution in [2.75, 3.05) is 24.3 Å². The molecule has 0 heterocycles. The van der Waals surface area contributed by atoms with Crippen LogP contribution >= 0.6 is 0 Å². The van der Waals surface area contributed by atoms with Crippen LogP contribution in [0.4, 0.5) is 5.69 Å². The summed E-state index contributed by atoms with van der Waals surface area (Å²) >= 11 is 0. The fraction of sp³-hybridized carbons (Fsp3) is 0.462. The van der Waals surface area contributed by atoms with Crippen LogP contribution in [0.2, 0.25) is 0 Å². The molecule has 1 aromatic carbocycles. The summed E-state index contributed by atoms with van der Waals surface area (Å²) in [4.78, 5) is 13.9. The Kier molecular flexibility index (Phi) is 4.94. The highest BCUT2D eigenvalue weighted by atomic mass is 32.2. The molecule has 1 atom stereocenters. The molecule has 0 saturated carbocycles. The number of benzene rings is 1. The summed E-state index contributed by atoms with van der Waals surface area (Å²) in [5, 5.41) is 0. The van der Waals surface area contributed by atoms with E-state index in [9.17, 15) is 13.2 Å². The SMILES string of the molecule is CCN(C(=O)c1cccc(N)c1)C(C)CS(C)(=O)=O. The molecule has 0 saturated heterocycles. The predicted molar refractivity (Wildman–Crippen MR) is 76.7 cm³/mol. The summed E-state index contributed by atoms with van der Waals surface area (Å²) in [7, 11) is -3.12. The maximum Gasteiger partial charge on any atom is 0.254 e. The molecule has 2 N–H and O–H groups in total. The van der Waals surface area contributed by atoms with E-state index in [1.54, 1.807) is 31.2 Å². The fourth-order valence-corrected chi connectivity index (χ4v) is 3.08. The van der Waals surface area contributed by atoms with Gasteiger partial charge < -0.3 is 10.6 Å². The van der Waals surface area contributed by atoms with Gasteiger partial charge in [0.05, 0.1) is 5.75 Å². The zero-order valence-corrected chi connectivity index (χ0v) is 12.3. The quantitative estimate of drug-likeness (QED) is 0.823. The maximum atomic E-state index is 12.3. The minimum absolute atomic E-state index is 0.0467. The van der Waals surface area contributed by atoms with Gasteiger partial charge in [-0.2, -0.15) is 0 Å².